The van der Waals surface area contributed by atoms with Gasteiger partial charge in [-0.3, -0.25) is 14.4 Å². The first-order valence-corrected chi connectivity index (χ1v) is 8.64. The SMILES string of the molecule is CC(=O)c1cccc(NC(=O)[C@@H]2CC(=O)N(c3ccc(C)c(C)c3)C2)c1. The Kier molecular flexibility index (Phi) is 4.89. The highest BCUT2D eigenvalue weighted by Crippen LogP contribution is 2.27. The van der Waals surface area contributed by atoms with Crippen LogP contribution in [-0.2, 0) is 9.59 Å². The molecule has 1 atom stereocenters. The second-order valence-corrected chi connectivity index (χ2v) is 6.80. The molecule has 1 aliphatic heterocycles. The van der Waals surface area contributed by atoms with Crippen LogP contribution in [0.4, 0.5) is 11.4 Å². The average molecular weight is 350 g/mol. The molecule has 5 heteroatoms. The highest BCUT2D eigenvalue weighted by molar-refractivity contribution is 6.04. The molecule has 1 fully saturated rings. The van der Waals surface area contributed by atoms with Crippen molar-refractivity contribution in [1.82, 2.24) is 0 Å². The molecule has 0 spiro atoms. The molecule has 3 rings (SSSR count). The predicted octanol–water partition coefficient (Wildman–Crippen LogP) is 3.50. The molecule has 26 heavy (non-hydrogen) atoms. The third-order valence-corrected chi connectivity index (χ3v) is 4.83. The summed E-state index contributed by atoms with van der Waals surface area (Å²) in [6.45, 7) is 5.87. The maximum atomic E-state index is 12.6. The Bertz CT molecular complexity index is 889. The van der Waals surface area contributed by atoms with Crippen LogP contribution in [-0.4, -0.2) is 24.1 Å². The summed E-state index contributed by atoms with van der Waals surface area (Å²) >= 11 is 0. The van der Waals surface area contributed by atoms with Crippen molar-refractivity contribution in [2.45, 2.75) is 27.2 Å². The first-order chi connectivity index (χ1) is 12.3. The Hall–Kier alpha value is -2.95. The lowest BCUT2D eigenvalue weighted by Crippen LogP contribution is -2.28. The van der Waals surface area contributed by atoms with Gasteiger partial charge in [0.15, 0.2) is 5.78 Å². The zero-order chi connectivity index (χ0) is 18.8. The number of hydrogen-bond acceptors (Lipinski definition) is 3. The van der Waals surface area contributed by atoms with Crippen molar-refractivity contribution in [3.05, 3.63) is 59.2 Å². The second-order valence-electron chi connectivity index (χ2n) is 6.80. The minimum Gasteiger partial charge on any atom is -0.326 e. The van der Waals surface area contributed by atoms with Crippen molar-refractivity contribution >= 4 is 29.0 Å². The van der Waals surface area contributed by atoms with E-state index in [1.54, 1.807) is 29.2 Å². The van der Waals surface area contributed by atoms with Crippen molar-refractivity contribution in [2.75, 3.05) is 16.8 Å². The molecule has 5 nitrogen and oxygen atoms in total. The van der Waals surface area contributed by atoms with Crippen LogP contribution in [0.25, 0.3) is 0 Å². The molecule has 0 bridgehead atoms. The zero-order valence-corrected chi connectivity index (χ0v) is 15.2. The zero-order valence-electron chi connectivity index (χ0n) is 15.2. The molecule has 1 heterocycles. The number of ketones is 1. The fourth-order valence-electron chi connectivity index (χ4n) is 3.09. The number of carbonyl (C=O) groups excluding carboxylic acids is 3. The Morgan fingerprint density at radius 2 is 1.85 bits per heavy atom. The predicted molar refractivity (Wildman–Crippen MR) is 101 cm³/mol. The van der Waals surface area contributed by atoms with Gasteiger partial charge >= 0.3 is 0 Å². The highest BCUT2D eigenvalue weighted by Gasteiger charge is 2.35. The van der Waals surface area contributed by atoms with Crippen molar-refractivity contribution in [3.63, 3.8) is 0 Å². The number of hydrogen-bond donors (Lipinski definition) is 1. The highest BCUT2D eigenvalue weighted by atomic mass is 16.2. The number of rotatable bonds is 4. The Balaban J connectivity index is 1.71. The minimum atomic E-state index is -0.412. The maximum absolute atomic E-state index is 12.6. The van der Waals surface area contributed by atoms with Gasteiger partial charge in [0.1, 0.15) is 0 Å². The van der Waals surface area contributed by atoms with Gasteiger partial charge in [0, 0.05) is 29.9 Å². The van der Waals surface area contributed by atoms with E-state index >= 15 is 0 Å². The quantitative estimate of drug-likeness (QED) is 0.858. The number of amides is 2. The van der Waals surface area contributed by atoms with E-state index in [0.717, 1.165) is 11.3 Å². The Morgan fingerprint density at radius 1 is 1.08 bits per heavy atom. The molecular weight excluding hydrogens is 328 g/mol. The third kappa shape index (κ3) is 3.67. The van der Waals surface area contributed by atoms with E-state index in [-0.39, 0.29) is 24.0 Å². The van der Waals surface area contributed by atoms with Gasteiger partial charge in [-0.2, -0.15) is 0 Å². The summed E-state index contributed by atoms with van der Waals surface area (Å²) in [4.78, 5) is 38.1. The maximum Gasteiger partial charge on any atom is 0.229 e. The van der Waals surface area contributed by atoms with Crippen molar-refractivity contribution in [3.8, 4) is 0 Å². The Labute approximate surface area is 153 Å². The van der Waals surface area contributed by atoms with Crippen LogP contribution in [0.3, 0.4) is 0 Å². The molecule has 0 saturated carbocycles. The van der Waals surface area contributed by atoms with Gasteiger partial charge in [-0.1, -0.05) is 18.2 Å². The van der Waals surface area contributed by atoms with Gasteiger partial charge in [-0.15, -0.1) is 0 Å². The van der Waals surface area contributed by atoms with Gasteiger partial charge in [0.05, 0.1) is 5.92 Å². The Morgan fingerprint density at radius 3 is 2.54 bits per heavy atom. The van der Waals surface area contributed by atoms with Gasteiger partial charge < -0.3 is 10.2 Å². The van der Waals surface area contributed by atoms with Crippen LogP contribution in [0.5, 0.6) is 0 Å². The fourth-order valence-corrected chi connectivity index (χ4v) is 3.09. The van der Waals surface area contributed by atoms with E-state index < -0.39 is 5.92 Å². The smallest absolute Gasteiger partial charge is 0.229 e. The molecule has 0 aliphatic carbocycles. The van der Waals surface area contributed by atoms with Crippen LogP contribution < -0.4 is 10.2 Å². The molecule has 0 aromatic heterocycles. The normalized spacial score (nSPS) is 16.7. The number of anilines is 2. The summed E-state index contributed by atoms with van der Waals surface area (Å²) in [5.41, 5.74) is 4.22. The largest absolute Gasteiger partial charge is 0.326 e. The molecule has 2 aromatic carbocycles. The van der Waals surface area contributed by atoms with E-state index in [4.69, 9.17) is 0 Å². The van der Waals surface area contributed by atoms with E-state index in [2.05, 4.69) is 5.32 Å². The summed E-state index contributed by atoms with van der Waals surface area (Å²) in [6.07, 6.45) is 0.186. The monoisotopic (exact) mass is 350 g/mol. The molecule has 0 unspecified atom stereocenters. The first kappa shape index (κ1) is 17.9. The summed E-state index contributed by atoms with van der Waals surface area (Å²) in [5.74, 6) is -0.723. The number of Topliss-reactive ketones (excluding diaryl/α,β-unsaturated/α-hetero) is 1. The van der Waals surface area contributed by atoms with E-state index in [0.29, 0.717) is 17.8 Å². The number of nitrogens with one attached hydrogen (secondary N) is 1. The molecular formula is C21H22N2O3. The lowest BCUT2D eigenvalue weighted by atomic mass is 10.1. The van der Waals surface area contributed by atoms with Crippen LogP contribution in [0.1, 0.15) is 34.8 Å². The summed E-state index contributed by atoms with van der Waals surface area (Å²) in [7, 11) is 0. The van der Waals surface area contributed by atoms with Crippen LogP contribution >= 0.6 is 0 Å². The average Bonchev–Trinajstić information content (AvgIpc) is 2.99. The molecule has 134 valence electrons. The molecule has 0 radical (unpaired) electrons. The number of carbonyl (C=O) groups is 3. The number of nitrogens with zero attached hydrogens (tertiary/aromatic N) is 1. The molecule has 1 N–H and O–H groups in total. The topological polar surface area (TPSA) is 66.5 Å². The van der Waals surface area contributed by atoms with Crippen molar-refractivity contribution in [1.29, 1.82) is 0 Å². The standard InChI is InChI=1S/C21H22N2O3/c1-13-7-8-19(9-14(13)2)23-12-17(11-20(23)25)21(26)22-18-6-4-5-16(10-18)15(3)24/h4-10,17H,11-12H2,1-3H3,(H,22,26)/t17-/m1/s1. The molecule has 1 aliphatic rings. The lowest BCUT2D eigenvalue weighted by molar-refractivity contribution is -0.122. The lowest BCUT2D eigenvalue weighted by Gasteiger charge is -2.18. The fraction of sp³-hybridized carbons (Fsp3) is 0.286. The van der Waals surface area contributed by atoms with Gasteiger partial charge in [-0.25, -0.2) is 0 Å². The van der Waals surface area contributed by atoms with Crippen LogP contribution in [0.2, 0.25) is 0 Å². The van der Waals surface area contributed by atoms with Gasteiger partial charge in [0.2, 0.25) is 11.8 Å². The summed E-state index contributed by atoms with van der Waals surface area (Å²) < 4.78 is 0. The van der Waals surface area contributed by atoms with E-state index in [1.165, 1.54) is 12.5 Å². The van der Waals surface area contributed by atoms with Crippen molar-refractivity contribution < 1.29 is 14.4 Å². The molecule has 1 saturated heterocycles. The first-order valence-electron chi connectivity index (χ1n) is 8.64. The summed E-state index contributed by atoms with van der Waals surface area (Å²) in [5, 5.41) is 2.82. The van der Waals surface area contributed by atoms with Crippen LogP contribution in [0, 0.1) is 19.8 Å². The summed E-state index contributed by atoms with van der Waals surface area (Å²) in [6, 6.07) is 12.7. The number of benzene rings is 2. The third-order valence-electron chi connectivity index (χ3n) is 4.83. The molecule has 2 amide bonds. The molecule has 2 aromatic rings. The van der Waals surface area contributed by atoms with Crippen molar-refractivity contribution in [2.24, 2.45) is 5.92 Å². The van der Waals surface area contributed by atoms with Gasteiger partial charge in [-0.05, 0) is 56.2 Å². The van der Waals surface area contributed by atoms with E-state index in [1.807, 2.05) is 32.0 Å². The minimum absolute atomic E-state index is 0.0501. The van der Waals surface area contributed by atoms with E-state index in [9.17, 15) is 14.4 Å². The van der Waals surface area contributed by atoms with Crippen LogP contribution in [0.15, 0.2) is 42.5 Å². The number of aryl methyl sites for hydroxylation is 2. The van der Waals surface area contributed by atoms with Gasteiger partial charge in [0.25, 0.3) is 0 Å². The second kappa shape index (κ2) is 7.12.